The molecule has 0 heterocycles. The monoisotopic (exact) mass is 443 g/mol. The zero-order valence-corrected chi connectivity index (χ0v) is 17.8. The van der Waals surface area contributed by atoms with E-state index in [1.807, 2.05) is 12.1 Å². The lowest BCUT2D eigenvalue weighted by Crippen LogP contribution is -2.51. The minimum atomic E-state index is -1.29. The number of hydrogen-bond acceptors (Lipinski definition) is 7. The van der Waals surface area contributed by atoms with Crippen LogP contribution >= 0.6 is 0 Å². The summed E-state index contributed by atoms with van der Waals surface area (Å²) >= 11 is 0. The molecule has 10 nitrogen and oxygen atoms in total. The van der Waals surface area contributed by atoms with E-state index in [-0.39, 0.29) is 18.0 Å². The van der Waals surface area contributed by atoms with Crippen molar-refractivity contribution in [3.8, 4) is 11.1 Å². The first-order valence-corrected chi connectivity index (χ1v) is 10.2. The molecule has 0 aromatic heterocycles. The lowest BCUT2D eigenvalue weighted by molar-refractivity contribution is -0.133. The molecule has 0 aliphatic heterocycles. The lowest BCUT2D eigenvalue weighted by Gasteiger charge is -2.19. The van der Waals surface area contributed by atoms with E-state index < -0.39 is 24.0 Å². The molecule has 0 radical (unpaired) electrons. The number of benzene rings is 2. The zero-order valence-electron chi connectivity index (χ0n) is 17.8. The lowest BCUT2D eigenvalue weighted by atomic mass is 10.0. The van der Waals surface area contributed by atoms with E-state index in [0.29, 0.717) is 18.8 Å². The third-order valence-electron chi connectivity index (χ3n) is 4.65. The molecule has 8 N–H and O–H groups in total. The van der Waals surface area contributed by atoms with Crippen LogP contribution < -0.4 is 27.2 Å². The molecule has 0 aliphatic carbocycles. The topological polar surface area (TPSA) is 166 Å². The second-order valence-corrected chi connectivity index (χ2v) is 7.19. The van der Waals surface area contributed by atoms with E-state index in [0.717, 1.165) is 17.5 Å². The number of carbonyl (C=O) groups is 3. The number of carbonyl (C=O) groups excluding carboxylic acids is 3. The molecule has 0 bridgehead atoms. The SMILES string of the molecule is C[C@@H](O)[C@H](NC(=O)c1ccc(-c2ccc(NC(=O)CNCCCN)cc2)cc1)C(=O)NO. The van der Waals surface area contributed by atoms with Crippen molar-refractivity contribution in [3.63, 3.8) is 0 Å². The summed E-state index contributed by atoms with van der Waals surface area (Å²) in [4.78, 5) is 35.8. The maximum atomic E-state index is 12.4. The van der Waals surface area contributed by atoms with Crippen molar-refractivity contribution in [3.05, 3.63) is 54.1 Å². The van der Waals surface area contributed by atoms with Gasteiger partial charge < -0.3 is 26.8 Å². The van der Waals surface area contributed by atoms with Crippen LogP contribution in [0.5, 0.6) is 0 Å². The van der Waals surface area contributed by atoms with Gasteiger partial charge in [-0.05, 0) is 61.8 Å². The van der Waals surface area contributed by atoms with Crippen molar-refractivity contribution in [2.75, 3.05) is 25.0 Å². The first-order chi connectivity index (χ1) is 15.3. The minimum Gasteiger partial charge on any atom is -0.391 e. The number of aliphatic hydroxyl groups excluding tert-OH is 1. The minimum absolute atomic E-state index is 0.143. The third kappa shape index (κ3) is 7.43. The van der Waals surface area contributed by atoms with E-state index in [4.69, 9.17) is 10.9 Å². The van der Waals surface area contributed by atoms with Crippen LogP contribution in [0.2, 0.25) is 0 Å². The first kappa shape index (κ1) is 25.0. The number of aliphatic hydroxyl groups is 1. The molecule has 32 heavy (non-hydrogen) atoms. The van der Waals surface area contributed by atoms with Crippen LogP contribution in [0, 0.1) is 0 Å². The molecule has 2 aromatic rings. The number of nitrogens with one attached hydrogen (secondary N) is 4. The number of hydrogen-bond donors (Lipinski definition) is 7. The van der Waals surface area contributed by atoms with Gasteiger partial charge in [0.15, 0.2) is 0 Å². The number of anilines is 1. The van der Waals surface area contributed by atoms with E-state index in [2.05, 4.69) is 16.0 Å². The van der Waals surface area contributed by atoms with Crippen molar-refractivity contribution in [1.29, 1.82) is 0 Å². The van der Waals surface area contributed by atoms with Crippen LogP contribution in [0.3, 0.4) is 0 Å². The summed E-state index contributed by atoms with van der Waals surface area (Å²) in [5.74, 6) is -1.62. The summed E-state index contributed by atoms with van der Waals surface area (Å²) in [5, 5.41) is 26.6. The molecular formula is C22H29N5O5. The van der Waals surface area contributed by atoms with Crippen LogP contribution in [0.4, 0.5) is 5.69 Å². The highest BCUT2D eigenvalue weighted by Crippen LogP contribution is 2.22. The van der Waals surface area contributed by atoms with Crippen molar-refractivity contribution in [2.45, 2.75) is 25.5 Å². The van der Waals surface area contributed by atoms with Gasteiger partial charge in [0.25, 0.3) is 11.8 Å². The van der Waals surface area contributed by atoms with Gasteiger partial charge in [0.2, 0.25) is 5.91 Å². The molecular weight excluding hydrogens is 414 g/mol. The fourth-order valence-corrected chi connectivity index (χ4v) is 2.89. The summed E-state index contributed by atoms with van der Waals surface area (Å²) in [6.45, 7) is 2.80. The Hall–Kier alpha value is -3.31. The Labute approximate surface area is 186 Å². The summed E-state index contributed by atoms with van der Waals surface area (Å²) in [5.41, 5.74) is 9.52. The van der Waals surface area contributed by atoms with Gasteiger partial charge in [0.1, 0.15) is 6.04 Å². The number of nitrogens with two attached hydrogens (primary N) is 1. The van der Waals surface area contributed by atoms with Gasteiger partial charge in [-0.25, -0.2) is 5.48 Å². The zero-order chi connectivity index (χ0) is 23.5. The van der Waals surface area contributed by atoms with Crippen molar-refractivity contribution < 1.29 is 24.7 Å². The van der Waals surface area contributed by atoms with Crippen LogP contribution in [0.1, 0.15) is 23.7 Å². The molecule has 0 unspecified atom stereocenters. The molecule has 172 valence electrons. The Bertz CT molecular complexity index is 900. The summed E-state index contributed by atoms with van der Waals surface area (Å²) in [6, 6.07) is 12.6. The van der Waals surface area contributed by atoms with Crippen molar-refractivity contribution >= 4 is 23.4 Å². The Morgan fingerprint density at radius 1 is 1.00 bits per heavy atom. The Kier molecular flexibility index (Phi) is 9.76. The third-order valence-corrected chi connectivity index (χ3v) is 4.65. The molecule has 0 aliphatic rings. The van der Waals surface area contributed by atoms with Crippen molar-refractivity contribution in [2.24, 2.45) is 5.73 Å². The summed E-state index contributed by atoms with van der Waals surface area (Å²) in [6.07, 6.45) is -0.382. The van der Waals surface area contributed by atoms with Crippen molar-refractivity contribution in [1.82, 2.24) is 16.1 Å². The second kappa shape index (κ2) is 12.5. The van der Waals surface area contributed by atoms with Gasteiger partial charge in [0, 0.05) is 11.3 Å². The average Bonchev–Trinajstić information content (AvgIpc) is 2.80. The van der Waals surface area contributed by atoms with Gasteiger partial charge in [-0.1, -0.05) is 24.3 Å². The van der Waals surface area contributed by atoms with E-state index in [1.165, 1.54) is 12.4 Å². The fraction of sp³-hybridized carbons (Fsp3) is 0.318. The normalized spacial score (nSPS) is 12.5. The van der Waals surface area contributed by atoms with E-state index in [9.17, 15) is 19.5 Å². The largest absolute Gasteiger partial charge is 0.391 e. The van der Waals surface area contributed by atoms with Crippen LogP contribution in [-0.2, 0) is 9.59 Å². The van der Waals surface area contributed by atoms with Gasteiger partial charge >= 0.3 is 0 Å². The van der Waals surface area contributed by atoms with Gasteiger partial charge in [-0.2, -0.15) is 0 Å². The predicted octanol–water partition coefficient (Wildman–Crippen LogP) is 0.215. The van der Waals surface area contributed by atoms with Gasteiger partial charge in [-0.3, -0.25) is 19.6 Å². The maximum Gasteiger partial charge on any atom is 0.268 e. The van der Waals surface area contributed by atoms with Gasteiger partial charge in [0.05, 0.1) is 12.6 Å². The summed E-state index contributed by atoms with van der Waals surface area (Å²) in [7, 11) is 0. The molecule has 0 fully saturated rings. The number of amides is 3. The highest BCUT2D eigenvalue weighted by atomic mass is 16.5. The van der Waals surface area contributed by atoms with Crippen LogP contribution in [0.15, 0.2) is 48.5 Å². The van der Waals surface area contributed by atoms with Crippen LogP contribution in [-0.4, -0.2) is 59.8 Å². The predicted molar refractivity (Wildman–Crippen MR) is 120 cm³/mol. The Balaban J connectivity index is 1.96. The highest BCUT2D eigenvalue weighted by molar-refractivity contribution is 5.98. The molecule has 0 saturated carbocycles. The quantitative estimate of drug-likeness (QED) is 0.148. The summed E-state index contributed by atoms with van der Waals surface area (Å²) < 4.78 is 0. The second-order valence-electron chi connectivity index (χ2n) is 7.19. The molecule has 0 saturated heterocycles. The first-order valence-electron chi connectivity index (χ1n) is 10.2. The van der Waals surface area contributed by atoms with Gasteiger partial charge in [-0.15, -0.1) is 0 Å². The van der Waals surface area contributed by atoms with E-state index >= 15 is 0 Å². The Morgan fingerprint density at radius 2 is 1.59 bits per heavy atom. The number of rotatable bonds is 11. The van der Waals surface area contributed by atoms with E-state index in [1.54, 1.807) is 36.4 Å². The number of hydroxylamine groups is 1. The molecule has 2 rings (SSSR count). The molecule has 0 spiro atoms. The average molecular weight is 444 g/mol. The molecule has 10 heteroatoms. The molecule has 2 aromatic carbocycles. The molecule has 3 amide bonds. The molecule has 2 atom stereocenters. The standard InChI is InChI=1S/C22H29N5O5/c1-14(28)20(22(31)27-32)26-21(30)17-5-3-15(4-6-17)16-7-9-18(10-8-16)25-19(29)13-24-12-2-11-23/h3-10,14,20,24,28,32H,2,11-13,23H2,1H3,(H,25,29)(H,26,30)(H,27,31)/t14-,20+/m1/s1. The maximum absolute atomic E-state index is 12.4. The highest BCUT2D eigenvalue weighted by Gasteiger charge is 2.25. The Morgan fingerprint density at radius 3 is 2.12 bits per heavy atom. The fourth-order valence-electron chi connectivity index (χ4n) is 2.89. The van der Waals surface area contributed by atoms with Crippen LogP contribution in [0.25, 0.3) is 11.1 Å². The smallest absolute Gasteiger partial charge is 0.268 e.